The maximum absolute atomic E-state index is 12.5. The quantitative estimate of drug-likeness (QED) is 0.860. The number of amides is 2. The zero-order valence-corrected chi connectivity index (χ0v) is 14.9. The smallest absolute Gasteiger partial charge is 0.313 e. The molecule has 2 heterocycles. The Labute approximate surface area is 144 Å². The van der Waals surface area contributed by atoms with E-state index in [2.05, 4.69) is 22.3 Å². The van der Waals surface area contributed by atoms with Gasteiger partial charge in [0, 0.05) is 20.3 Å². The fourth-order valence-electron chi connectivity index (χ4n) is 2.94. The summed E-state index contributed by atoms with van der Waals surface area (Å²) in [5, 5.41) is 7.66. The zero-order chi connectivity index (χ0) is 17.3. The third-order valence-corrected chi connectivity index (χ3v) is 5.56. The summed E-state index contributed by atoms with van der Waals surface area (Å²) in [4.78, 5) is 32.1. The Hall–Kier alpha value is -2.22. The van der Waals surface area contributed by atoms with Crippen LogP contribution < -0.4 is 5.32 Å². The van der Waals surface area contributed by atoms with Crippen LogP contribution in [0.5, 0.6) is 0 Å². The Morgan fingerprint density at radius 1 is 1.50 bits per heavy atom. The van der Waals surface area contributed by atoms with Crippen LogP contribution >= 0.6 is 11.3 Å². The van der Waals surface area contributed by atoms with Gasteiger partial charge in [-0.25, -0.2) is 4.98 Å². The molecule has 1 N–H and O–H groups in total. The van der Waals surface area contributed by atoms with E-state index in [9.17, 15) is 9.59 Å². The van der Waals surface area contributed by atoms with Crippen molar-refractivity contribution in [3.63, 3.8) is 0 Å². The lowest BCUT2D eigenvalue weighted by Gasteiger charge is -2.30. The molecule has 2 aromatic rings. The lowest BCUT2D eigenvalue weighted by molar-refractivity contribution is -0.143. The zero-order valence-electron chi connectivity index (χ0n) is 14.1. The second kappa shape index (κ2) is 6.72. The molecule has 3 rings (SSSR count). The fraction of sp³-hybridized carbons (Fsp3) is 0.500. The monoisotopic (exact) mass is 347 g/mol. The van der Waals surface area contributed by atoms with E-state index in [1.54, 1.807) is 41.2 Å². The topological polar surface area (TPSA) is 80.1 Å². The molecule has 1 aliphatic rings. The molecule has 1 aliphatic carbocycles. The highest BCUT2D eigenvalue weighted by molar-refractivity contribution is 7.11. The minimum atomic E-state index is -0.641. The molecule has 7 nitrogen and oxygen atoms in total. The van der Waals surface area contributed by atoms with Gasteiger partial charge in [0.15, 0.2) is 0 Å². The summed E-state index contributed by atoms with van der Waals surface area (Å²) in [6.45, 7) is 2.08. The van der Waals surface area contributed by atoms with Crippen molar-refractivity contribution in [2.45, 2.75) is 38.6 Å². The molecular formula is C16H21N5O2S. The van der Waals surface area contributed by atoms with Crippen LogP contribution in [-0.2, 0) is 29.5 Å². The van der Waals surface area contributed by atoms with E-state index >= 15 is 0 Å². The van der Waals surface area contributed by atoms with Gasteiger partial charge in [0.05, 0.1) is 33.5 Å². The van der Waals surface area contributed by atoms with Gasteiger partial charge in [0.25, 0.3) is 0 Å². The van der Waals surface area contributed by atoms with Crippen molar-refractivity contribution < 1.29 is 9.59 Å². The molecule has 1 unspecified atom stereocenters. The van der Waals surface area contributed by atoms with Crippen molar-refractivity contribution in [3.8, 4) is 0 Å². The number of thiazole rings is 1. The van der Waals surface area contributed by atoms with E-state index in [4.69, 9.17) is 0 Å². The van der Waals surface area contributed by atoms with Gasteiger partial charge in [-0.2, -0.15) is 5.10 Å². The number of hydrogen-bond acceptors (Lipinski definition) is 5. The highest BCUT2D eigenvalue weighted by Gasteiger charge is 2.32. The molecule has 2 aromatic heterocycles. The van der Waals surface area contributed by atoms with Crippen LogP contribution in [0.3, 0.4) is 0 Å². The second-order valence-corrected chi connectivity index (χ2v) is 7.07. The number of likely N-dealkylation sites (N-methyl/N-ethyl adjacent to an activating group) is 1. The molecule has 0 aliphatic heterocycles. The number of fused-ring (bicyclic) bond motifs is 1. The van der Waals surface area contributed by atoms with Gasteiger partial charge in [-0.3, -0.25) is 14.3 Å². The summed E-state index contributed by atoms with van der Waals surface area (Å²) in [5.41, 5.74) is 1.60. The van der Waals surface area contributed by atoms with Crippen molar-refractivity contribution >= 4 is 28.8 Å². The predicted octanol–water partition coefficient (Wildman–Crippen LogP) is 1.91. The first-order chi connectivity index (χ1) is 11.5. The average Bonchev–Trinajstić information content (AvgIpc) is 3.18. The van der Waals surface area contributed by atoms with Gasteiger partial charge >= 0.3 is 11.8 Å². The Kier molecular flexibility index (Phi) is 4.66. The third-order valence-electron chi connectivity index (χ3n) is 4.21. The molecule has 24 heavy (non-hydrogen) atoms. The van der Waals surface area contributed by atoms with Gasteiger partial charge in [0.2, 0.25) is 0 Å². The van der Waals surface area contributed by atoms with Crippen molar-refractivity contribution in [1.29, 1.82) is 0 Å². The van der Waals surface area contributed by atoms with Crippen molar-refractivity contribution in [3.05, 3.63) is 28.0 Å². The van der Waals surface area contributed by atoms with Crippen LogP contribution in [0.15, 0.2) is 12.4 Å². The van der Waals surface area contributed by atoms with Crippen molar-refractivity contribution in [1.82, 2.24) is 19.7 Å². The minimum absolute atomic E-state index is 0.0706. The average molecular weight is 347 g/mol. The Bertz CT molecular complexity index is 766. The second-order valence-electron chi connectivity index (χ2n) is 5.95. The number of nitrogens with zero attached hydrogens (tertiary/aromatic N) is 4. The molecule has 8 heteroatoms. The number of anilines is 1. The SMILES string of the molecule is CCc1nc2c(s1)C(N(C)C(=O)C(=O)Nc1cnn(C)c1)CCC2. The van der Waals surface area contributed by atoms with E-state index in [1.807, 2.05) is 0 Å². The van der Waals surface area contributed by atoms with Crippen molar-refractivity contribution in [2.75, 3.05) is 12.4 Å². The van der Waals surface area contributed by atoms with Gasteiger partial charge in [-0.05, 0) is 25.7 Å². The molecule has 0 saturated heterocycles. The lowest BCUT2D eigenvalue weighted by Crippen LogP contribution is -2.40. The molecule has 0 fully saturated rings. The number of rotatable bonds is 3. The van der Waals surface area contributed by atoms with E-state index < -0.39 is 11.8 Å². The van der Waals surface area contributed by atoms with E-state index in [0.29, 0.717) is 5.69 Å². The summed E-state index contributed by atoms with van der Waals surface area (Å²) in [5.74, 6) is -1.18. The normalized spacial score (nSPS) is 16.5. The first kappa shape index (κ1) is 16.6. The molecule has 0 bridgehead atoms. The highest BCUT2D eigenvalue weighted by atomic mass is 32.1. The van der Waals surface area contributed by atoms with Gasteiger partial charge in [0.1, 0.15) is 0 Å². The Morgan fingerprint density at radius 2 is 2.29 bits per heavy atom. The van der Waals surface area contributed by atoms with Crippen LogP contribution in [0.4, 0.5) is 5.69 Å². The molecule has 2 amide bonds. The van der Waals surface area contributed by atoms with Crippen LogP contribution in [0.2, 0.25) is 0 Å². The molecule has 0 aromatic carbocycles. The number of nitrogens with one attached hydrogen (secondary N) is 1. The number of carbonyl (C=O) groups is 2. The Morgan fingerprint density at radius 3 is 2.96 bits per heavy atom. The Balaban J connectivity index is 1.74. The maximum Gasteiger partial charge on any atom is 0.313 e. The number of carbonyl (C=O) groups excluding carboxylic acids is 2. The first-order valence-electron chi connectivity index (χ1n) is 8.04. The first-order valence-corrected chi connectivity index (χ1v) is 8.86. The van der Waals surface area contributed by atoms with Gasteiger partial charge < -0.3 is 10.2 Å². The molecule has 1 atom stereocenters. The van der Waals surface area contributed by atoms with Crippen molar-refractivity contribution in [2.24, 2.45) is 7.05 Å². The standard InChI is InChI=1S/C16H21N5O2S/c1-4-13-19-11-6-5-7-12(14(11)24-13)21(3)16(23)15(22)18-10-8-17-20(2)9-10/h8-9,12H,4-7H2,1-3H3,(H,18,22). The molecular weight excluding hydrogens is 326 g/mol. The lowest BCUT2D eigenvalue weighted by atomic mass is 9.97. The summed E-state index contributed by atoms with van der Waals surface area (Å²) < 4.78 is 1.57. The van der Waals surface area contributed by atoms with E-state index in [-0.39, 0.29) is 6.04 Å². The van der Waals surface area contributed by atoms with E-state index in [0.717, 1.165) is 41.3 Å². The maximum atomic E-state index is 12.5. The molecule has 128 valence electrons. The molecule has 0 spiro atoms. The number of aryl methyl sites for hydroxylation is 3. The number of aromatic nitrogens is 3. The van der Waals surface area contributed by atoms with Gasteiger partial charge in [-0.15, -0.1) is 11.3 Å². The predicted molar refractivity (Wildman–Crippen MR) is 91.8 cm³/mol. The van der Waals surface area contributed by atoms with Crippen LogP contribution in [0.1, 0.15) is 41.4 Å². The summed E-state index contributed by atoms with van der Waals surface area (Å²) >= 11 is 1.66. The minimum Gasteiger partial charge on any atom is -0.330 e. The largest absolute Gasteiger partial charge is 0.330 e. The summed E-state index contributed by atoms with van der Waals surface area (Å²) in [7, 11) is 3.44. The van der Waals surface area contributed by atoms with Crippen LogP contribution in [-0.4, -0.2) is 38.5 Å². The molecule has 0 radical (unpaired) electrons. The molecule has 0 saturated carbocycles. The third kappa shape index (κ3) is 3.19. The van der Waals surface area contributed by atoms with Crippen LogP contribution in [0, 0.1) is 0 Å². The van der Waals surface area contributed by atoms with Gasteiger partial charge in [-0.1, -0.05) is 6.92 Å². The fourth-order valence-corrected chi connectivity index (χ4v) is 4.17. The number of hydrogen-bond donors (Lipinski definition) is 1. The highest BCUT2D eigenvalue weighted by Crippen LogP contribution is 2.37. The summed E-state index contributed by atoms with van der Waals surface area (Å²) in [6, 6.07) is -0.0706. The summed E-state index contributed by atoms with van der Waals surface area (Å²) in [6.07, 6.45) is 6.85. The van der Waals surface area contributed by atoms with E-state index in [1.165, 1.54) is 6.20 Å². The van der Waals surface area contributed by atoms with Crippen LogP contribution in [0.25, 0.3) is 0 Å².